The van der Waals surface area contributed by atoms with Gasteiger partial charge in [0.25, 0.3) is 0 Å². The van der Waals surface area contributed by atoms with Crippen LogP contribution in [0.1, 0.15) is 18.9 Å². The molecule has 25 heavy (non-hydrogen) atoms. The molecule has 0 saturated heterocycles. The van der Waals surface area contributed by atoms with Crippen molar-refractivity contribution in [3.63, 3.8) is 0 Å². The summed E-state index contributed by atoms with van der Waals surface area (Å²) in [5.74, 6) is -0.0215. The standard InChI is InChI=1S/C18H17NO5S/c1-4-22-18(21)10(2)24-12-5-6-13-16(7-12)23-8-14(17(13)20)15-9-25-11(3)19-15/h5-10H,4H2,1-3H3. The van der Waals surface area contributed by atoms with Gasteiger partial charge in [-0.2, -0.15) is 0 Å². The number of thiazole rings is 1. The van der Waals surface area contributed by atoms with Crippen LogP contribution in [0.3, 0.4) is 0 Å². The van der Waals surface area contributed by atoms with Crippen LogP contribution in [0.25, 0.3) is 22.2 Å². The highest BCUT2D eigenvalue weighted by Gasteiger charge is 2.17. The van der Waals surface area contributed by atoms with Crippen molar-refractivity contribution < 1.29 is 18.7 Å². The van der Waals surface area contributed by atoms with Crippen LogP contribution in [0.2, 0.25) is 0 Å². The average molecular weight is 359 g/mol. The molecule has 3 aromatic rings. The summed E-state index contributed by atoms with van der Waals surface area (Å²) in [6, 6.07) is 4.84. The van der Waals surface area contributed by atoms with E-state index in [1.54, 1.807) is 32.0 Å². The molecule has 0 aliphatic heterocycles. The summed E-state index contributed by atoms with van der Waals surface area (Å²) < 4.78 is 16.0. The van der Waals surface area contributed by atoms with E-state index in [4.69, 9.17) is 13.9 Å². The Morgan fingerprint density at radius 2 is 2.20 bits per heavy atom. The Bertz CT molecular complexity index is 975. The van der Waals surface area contributed by atoms with Gasteiger partial charge in [0.1, 0.15) is 17.6 Å². The van der Waals surface area contributed by atoms with Gasteiger partial charge in [0, 0.05) is 11.4 Å². The Labute approximate surface area is 148 Å². The van der Waals surface area contributed by atoms with E-state index < -0.39 is 12.1 Å². The second-order valence-electron chi connectivity index (χ2n) is 5.40. The SMILES string of the molecule is CCOC(=O)C(C)Oc1ccc2c(=O)c(-c3csc(C)n3)coc2c1. The van der Waals surface area contributed by atoms with E-state index in [0.717, 1.165) is 5.01 Å². The molecule has 1 aromatic carbocycles. The molecule has 130 valence electrons. The van der Waals surface area contributed by atoms with Crippen LogP contribution in [0.5, 0.6) is 5.75 Å². The summed E-state index contributed by atoms with van der Waals surface area (Å²) in [4.78, 5) is 28.6. The molecule has 0 spiro atoms. The average Bonchev–Trinajstić information content (AvgIpc) is 3.01. The first-order valence-corrected chi connectivity index (χ1v) is 8.69. The largest absolute Gasteiger partial charge is 0.479 e. The molecule has 0 N–H and O–H groups in total. The molecule has 0 amide bonds. The number of aryl methyl sites for hydroxylation is 1. The molecule has 2 aromatic heterocycles. The number of fused-ring (bicyclic) bond motifs is 1. The predicted molar refractivity (Wildman–Crippen MR) is 95.1 cm³/mol. The molecule has 1 unspecified atom stereocenters. The van der Waals surface area contributed by atoms with Crippen LogP contribution in [0.15, 0.2) is 39.1 Å². The van der Waals surface area contributed by atoms with Crippen LogP contribution in [0, 0.1) is 6.92 Å². The Morgan fingerprint density at radius 1 is 1.40 bits per heavy atom. The maximum atomic E-state index is 12.7. The molecule has 1 atom stereocenters. The highest BCUT2D eigenvalue weighted by molar-refractivity contribution is 7.09. The van der Waals surface area contributed by atoms with E-state index >= 15 is 0 Å². The summed E-state index contributed by atoms with van der Waals surface area (Å²) in [6.45, 7) is 5.51. The predicted octanol–water partition coefficient (Wildman–Crippen LogP) is 3.56. The minimum Gasteiger partial charge on any atom is -0.479 e. The van der Waals surface area contributed by atoms with E-state index in [0.29, 0.717) is 28.0 Å². The van der Waals surface area contributed by atoms with Crippen molar-refractivity contribution in [1.82, 2.24) is 4.98 Å². The van der Waals surface area contributed by atoms with Gasteiger partial charge >= 0.3 is 5.97 Å². The lowest BCUT2D eigenvalue weighted by Crippen LogP contribution is -2.26. The molecule has 7 heteroatoms. The van der Waals surface area contributed by atoms with Gasteiger partial charge in [-0.15, -0.1) is 11.3 Å². The molecule has 3 rings (SSSR count). The summed E-state index contributed by atoms with van der Waals surface area (Å²) in [5, 5.41) is 3.14. The lowest BCUT2D eigenvalue weighted by molar-refractivity contribution is -0.150. The molecular weight excluding hydrogens is 342 g/mol. The topological polar surface area (TPSA) is 78.6 Å². The van der Waals surface area contributed by atoms with Gasteiger partial charge in [0.2, 0.25) is 5.43 Å². The number of rotatable bonds is 5. The maximum Gasteiger partial charge on any atom is 0.347 e. The van der Waals surface area contributed by atoms with E-state index in [-0.39, 0.29) is 12.0 Å². The minimum atomic E-state index is -0.749. The fraction of sp³-hybridized carbons (Fsp3) is 0.278. The van der Waals surface area contributed by atoms with Gasteiger partial charge in [0.15, 0.2) is 6.10 Å². The first kappa shape index (κ1) is 17.2. The molecule has 0 fully saturated rings. The summed E-state index contributed by atoms with van der Waals surface area (Å²) in [7, 11) is 0. The Morgan fingerprint density at radius 3 is 2.88 bits per heavy atom. The van der Waals surface area contributed by atoms with Gasteiger partial charge in [-0.1, -0.05) is 0 Å². The number of hydrogen-bond acceptors (Lipinski definition) is 7. The van der Waals surface area contributed by atoms with Crippen molar-refractivity contribution in [2.75, 3.05) is 6.61 Å². The van der Waals surface area contributed by atoms with E-state index in [1.807, 2.05) is 12.3 Å². The highest BCUT2D eigenvalue weighted by Crippen LogP contribution is 2.24. The van der Waals surface area contributed by atoms with Crippen molar-refractivity contribution in [2.24, 2.45) is 0 Å². The zero-order valence-corrected chi connectivity index (χ0v) is 14.9. The van der Waals surface area contributed by atoms with Gasteiger partial charge in [-0.25, -0.2) is 9.78 Å². The van der Waals surface area contributed by atoms with Crippen LogP contribution >= 0.6 is 11.3 Å². The number of aromatic nitrogens is 1. The zero-order chi connectivity index (χ0) is 18.0. The molecule has 2 heterocycles. The van der Waals surface area contributed by atoms with E-state index in [2.05, 4.69) is 4.98 Å². The van der Waals surface area contributed by atoms with Crippen molar-refractivity contribution in [2.45, 2.75) is 26.9 Å². The van der Waals surface area contributed by atoms with Gasteiger partial charge in [-0.05, 0) is 32.9 Å². The quantitative estimate of drug-likeness (QED) is 0.648. The van der Waals surface area contributed by atoms with Gasteiger partial charge in [0.05, 0.1) is 28.3 Å². The Kier molecular flexibility index (Phi) is 4.85. The molecular formula is C18H17NO5S. The third-order valence-electron chi connectivity index (χ3n) is 3.57. The minimum absolute atomic E-state index is 0.156. The number of hydrogen-bond donors (Lipinski definition) is 0. The van der Waals surface area contributed by atoms with Crippen LogP contribution in [-0.2, 0) is 9.53 Å². The summed E-state index contributed by atoms with van der Waals surface area (Å²) in [6.07, 6.45) is 0.652. The number of carbonyl (C=O) groups is 1. The summed E-state index contributed by atoms with van der Waals surface area (Å²) in [5.41, 5.74) is 1.26. The number of nitrogens with zero attached hydrogens (tertiary/aromatic N) is 1. The smallest absolute Gasteiger partial charge is 0.347 e. The Balaban J connectivity index is 1.92. The van der Waals surface area contributed by atoms with Crippen LogP contribution in [0.4, 0.5) is 0 Å². The van der Waals surface area contributed by atoms with Crippen molar-refractivity contribution in [3.05, 3.63) is 45.1 Å². The number of ether oxygens (including phenoxy) is 2. The Hall–Kier alpha value is -2.67. The fourth-order valence-corrected chi connectivity index (χ4v) is 2.97. The molecule has 0 aliphatic rings. The monoisotopic (exact) mass is 359 g/mol. The number of esters is 1. The first-order chi connectivity index (χ1) is 12.0. The highest BCUT2D eigenvalue weighted by atomic mass is 32.1. The second kappa shape index (κ2) is 7.06. The fourth-order valence-electron chi connectivity index (χ4n) is 2.36. The zero-order valence-electron chi connectivity index (χ0n) is 14.1. The van der Waals surface area contributed by atoms with Gasteiger partial charge in [-0.3, -0.25) is 4.79 Å². The molecule has 6 nitrogen and oxygen atoms in total. The van der Waals surface area contributed by atoms with Crippen molar-refractivity contribution in [1.29, 1.82) is 0 Å². The third kappa shape index (κ3) is 3.56. The lowest BCUT2D eigenvalue weighted by atomic mass is 10.1. The van der Waals surface area contributed by atoms with Crippen molar-refractivity contribution >= 4 is 28.3 Å². The maximum absolute atomic E-state index is 12.7. The molecule has 0 aliphatic carbocycles. The molecule has 0 bridgehead atoms. The lowest BCUT2D eigenvalue weighted by Gasteiger charge is -2.13. The molecule has 0 radical (unpaired) electrons. The third-order valence-corrected chi connectivity index (χ3v) is 4.35. The van der Waals surface area contributed by atoms with Crippen LogP contribution < -0.4 is 10.2 Å². The number of carbonyl (C=O) groups excluding carboxylic acids is 1. The van der Waals surface area contributed by atoms with E-state index in [1.165, 1.54) is 17.6 Å². The van der Waals surface area contributed by atoms with Crippen molar-refractivity contribution in [3.8, 4) is 17.0 Å². The normalized spacial score (nSPS) is 12.1. The second-order valence-corrected chi connectivity index (χ2v) is 6.46. The van der Waals surface area contributed by atoms with Crippen LogP contribution in [-0.4, -0.2) is 23.7 Å². The van der Waals surface area contributed by atoms with E-state index in [9.17, 15) is 9.59 Å². The van der Waals surface area contributed by atoms with Gasteiger partial charge < -0.3 is 13.9 Å². The molecule has 0 saturated carbocycles. The number of benzene rings is 1. The first-order valence-electron chi connectivity index (χ1n) is 7.81. The summed E-state index contributed by atoms with van der Waals surface area (Å²) >= 11 is 1.47.